The third-order valence-electron chi connectivity index (χ3n) is 4.22. The number of halogens is 3. The summed E-state index contributed by atoms with van der Waals surface area (Å²) in [5.74, 6) is 0.219. The molecule has 2 aromatic rings. The van der Waals surface area contributed by atoms with Crippen LogP contribution in [0, 0.1) is 0 Å². The van der Waals surface area contributed by atoms with Gasteiger partial charge in [-0.15, -0.1) is 0 Å². The normalized spacial score (nSPS) is 15.7. The Bertz CT molecular complexity index is 746. The summed E-state index contributed by atoms with van der Waals surface area (Å²) in [6, 6.07) is 6.74. The lowest BCUT2D eigenvalue weighted by atomic mass is 10.1. The standard InChI is InChI=1S/C17H18F3N5O/c18-17(19,20)13-4-1-2-5-14(13)23-15(26)12-24-8-10-25(11-9-24)16-21-6-3-7-22-16/h1-7H,8-12H2,(H,23,26)/p+1. The number of para-hydroxylation sites is 1. The number of alkyl halides is 3. The van der Waals surface area contributed by atoms with Gasteiger partial charge in [0.15, 0.2) is 6.54 Å². The lowest BCUT2D eigenvalue weighted by Gasteiger charge is -2.31. The van der Waals surface area contributed by atoms with Crippen LogP contribution in [0.15, 0.2) is 42.7 Å². The number of rotatable bonds is 4. The van der Waals surface area contributed by atoms with Crippen molar-refractivity contribution < 1.29 is 22.9 Å². The maximum atomic E-state index is 13.0. The van der Waals surface area contributed by atoms with E-state index < -0.39 is 17.6 Å². The lowest BCUT2D eigenvalue weighted by molar-refractivity contribution is -0.892. The molecule has 3 rings (SSSR count). The van der Waals surface area contributed by atoms with Gasteiger partial charge in [-0.2, -0.15) is 13.2 Å². The highest BCUT2D eigenvalue weighted by Gasteiger charge is 2.34. The predicted octanol–water partition coefficient (Wildman–Crippen LogP) is 0.839. The van der Waals surface area contributed by atoms with Crippen LogP contribution in [0.4, 0.5) is 24.8 Å². The zero-order valence-electron chi connectivity index (χ0n) is 14.0. The molecular formula is C17H19F3N5O+. The first-order chi connectivity index (χ1) is 12.4. The first-order valence-electron chi connectivity index (χ1n) is 8.25. The molecule has 0 saturated carbocycles. The van der Waals surface area contributed by atoms with Crippen molar-refractivity contribution in [2.24, 2.45) is 0 Å². The van der Waals surface area contributed by atoms with Crippen molar-refractivity contribution in [3.8, 4) is 0 Å². The molecule has 1 aliphatic rings. The molecule has 2 N–H and O–H groups in total. The molecule has 1 amide bonds. The number of hydrogen-bond acceptors (Lipinski definition) is 4. The Labute approximate surface area is 148 Å². The van der Waals surface area contributed by atoms with E-state index in [0.29, 0.717) is 32.1 Å². The number of anilines is 2. The second-order valence-corrected chi connectivity index (χ2v) is 6.05. The number of carbonyl (C=O) groups is 1. The molecule has 1 aromatic carbocycles. The molecule has 9 heteroatoms. The fraction of sp³-hybridized carbons (Fsp3) is 0.353. The third kappa shape index (κ3) is 4.48. The van der Waals surface area contributed by atoms with Gasteiger partial charge < -0.3 is 15.1 Å². The molecule has 0 bridgehead atoms. The average Bonchev–Trinajstić information content (AvgIpc) is 2.62. The molecule has 0 unspecified atom stereocenters. The number of nitrogens with zero attached hydrogens (tertiary/aromatic N) is 3. The fourth-order valence-electron chi connectivity index (χ4n) is 2.92. The summed E-state index contributed by atoms with van der Waals surface area (Å²) >= 11 is 0. The number of nitrogens with one attached hydrogen (secondary N) is 2. The van der Waals surface area contributed by atoms with E-state index in [9.17, 15) is 18.0 Å². The number of quaternary nitrogens is 1. The molecule has 1 aliphatic heterocycles. The summed E-state index contributed by atoms with van der Waals surface area (Å²) in [6.45, 7) is 2.87. The molecule has 1 fully saturated rings. The first kappa shape index (κ1) is 18.1. The molecule has 1 saturated heterocycles. The van der Waals surface area contributed by atoms with Gasteiger partial charge in [-0.3, -0.25) is 4.79 Å². The second kappa shape index (κ2) is 7.69. The Morgan fingerprint density at radius 1 is 1.12 bits per heavy atom. The molecule has 0 radical (unpaired) electrons. The number of amides is 1. The Hall–Kier alpha value is -2.68. The molecule has 0 spiro atoms. The van der Waals surface area contributed by atoms with Crippen molar-refractivity contribution in [2.75, 3.05) is 42.9 Å². The predicted molar refractivity (Wildman–Crippen MR) is 89.9 cm³/mol. The van der Waals surface area contributed by atoms with E-state index >= 15 is 0 Å². The highest BCUT2D eigenvalue weighted by Crippen LogP contribution is 2.34. The summed E-state index contributed by atoms with van der Waals surface area (Å²) in [4.78, 5) is 23.6. The van der Waals surface area contributed by atoms with Crippen LogP contribution in [0.3, 0.4) is 0 Å². The van der Waals surface area contributed by atoms with Gasteiger partial charge in [0.1, 0.15) is 0 Å². The van der Waals surface area contributed by atoms with E-state index in [-0.39, 0.29) is 12.2 Å². The number of benzene rings is 1. The van der Waals surface area contributed by atoms with Gasteiger partial charge in [-0.1, -0.05) is 12.1 Å². The molecule has 0 aliphatic carbocycles. The van der Waals surface area contributed by atoms with E-state index in [0.717, 1.165) is 11.0 Å². The van der Waals surface area contributed by atoms with Crippen LogP contribution in [0.25, 0.3) is 0 Å². The van der Waals surface area contributed by atoms with Crippen LogP contribution >= 0.6 is 0 Å². The fourth-order valence-corrected chi connectivity index (χ4v) is 2.92. The minimum absolute atomic E-state index is 0.121. The number of carbonyl (C=O) groups excluding carboxylic acids is 1. The van der Waals surface area contributed by atoms with Crippen LogP contribution in [-0.4, -0.2) is 48.6 Å². The zero-order chi connectivity index (χ0) is 18.6. The van der Waals surface area contributed by atoms with Gasteiger partial charge in [0, 0.05) is 12.4 Å². The van der Waals surface area contributed by atoms with Gasteiger partial charge in [0.2, 0.25) is 5.95 Å². The number of aromatic nitrogens is 2. The maximum absolute atomic E-state index is 13.0. The van der Waals surface area contributed by atoms with Crippen molar-refractivity contribution in [1.29, 1.82) is 0 Å². The monoisotopic (exact) mass is 366 g/mol. The summed E-state index contributed by atoms with van der Waals surface area (Å²) in [7, 11) is 0. The van der Waals surface area contributed by atoms with Crippen LogP contribution < -0.4 is 15.1 Å². The minimum atomic E-state index is -4.50. The van der Waals surface area contributed by atoms with Crippen LogP contribution in [0.5, 0.6) is 0 Å². The van der Waals surface area contributed by atoms with Crippen molar-refractivity contribution in [3.05, 3.63) is 48.3 Å². The Kier molecular flexibility index (Phi) is 5.36. The average molecular weight is 366 g/mol. The van der Waals surface area contributed by atoms with Crippen molar-refractivity contribution >= 4 is 17.5 Å². The van der Waals surface area contributed by atoms with E-state index in [1.165, 1.54) is 18.2 Å². The second-order valence-electron chi connectivity index (χ2n) is 6.05. The summed E-state index contributed by atoms with van der Waals surface area (Å²) in [5, 5.41) is 2.39. The molecule has 138 valence electrons. The van der Waals surface area contributed by atoms with E-state index in [2.05, 4.69) is 15.3 Å². The lowest BCUT2D eigenvalue weighted by Crippen LogP contribution is -3.15. The molecule has 6 nitrogen and oxygen atoms in total. The van der Waals surface area contributed by atoms with Gasteiger partial charge in [0.25, 0.3) is 5.91 Å². The number of piperazine rings is 1. The van der Waals surface area contributed by atoms with Gasteiger partial charge in [-0.05, 0) is 18.2 Å². The molecule has 26 heavy (non-hydrogen) atoms. The number of hydrogen-bond donors (Lipinski definition) is 2. The first-order valence-corrected chi connectivity index (χ1v) is 8.25. The van der Waals surface area contributed by atoms with E-state index in [1.54, 1.807) is 18.5 Å². The highest BCUT2D eigenvalue weighted by atomic mass is 19.4. The molecule has 0 atom stereocenters. The quantitative estimate of drug-likeness (QED) is 0.842. The SMILES string of the molecule is O=C(C[NH+]1CCN(c2ncccn2)CC1)Nc1ccccc1C(F)(F)F. The Morgan fingerprint density at radius 2 is 1.77 bits per heavy atom. The van der Waals surface area contributed by atoms with E-state index in [4.69, 9.17) is 0 Å². The molecule has 2 heterocycles. The van der Waals surface area contributed by atoms with Crippen molar-refractivity contribution in [1.82, 2.24) is 9.97 Å². The highest BCUT2D eigenvalue weighted by molar-refractivity contribution is 5.92. The maximum Gasteiger partial charge on any atom is 0.418 e. The van der Waals surface area contributed by atoms with Gasteiger partial charge in [0.05, 0.1) is 37.4 Å². The van der Waals surface area contributed by atoms with Crippen LogP contribution in [0.2, 0.25) is 0 Å². The largest absolute Gasteiger partial charge is 0.418 e. The van der Waals surface area contributed by atoms with Crippen molar-refractivity contribution in [2.45, 2.75) is 6.18 Å². The Morgan fingerprint density at radius 3 is 2.42 bits per heavy atom. The van der Waals surface area contributed by atoms with E-state index in [1.807, 2.05) is 4.90 Å². The van der Waals surface area contributed by atoms with Gasteiger partial charge in [-0.25, -0.2) is 9.97 Å². The summed E-state index contributed by atoms with van der Waals surface area (Å²) < 4.78 is 39.0. The summed E-state index contributed by atoms with van der Waals surface area (Å²) in [6.07, 6.45) is -1.15. The summed E-state index contributed by atoms with van der Waals surface area (Å²) in [5.41, 5.74) is -1.05. The zero-order valence-corrected chi connectivity index (χ0v) is 14.0. The molecule has 1 aromatic heterocycles. The molecular weight excluding hydrogens is 347 g/mol. The Balaban J connectivity index is 1.54. The third-order valence-corrected chi connectivity index (χ3v) is 4.22. The minimum Gasteiger partial charge on any atom is -0.330 e. The smallest absolute Gasteiger partial charge is 0.330 e. The van der Waals surface area contributed by atoms with Crippen molar-refractivity contribution in [3.63, 3.8) is 0 Å². The topological polar surface area (TPSA) is 62.6 Å². The van der Waals surface area contributed by atoms with Crippen LogP contribution in [0.1, 0.15) is 5.56 Å². The van der Waals surface area contributed by atoms with Gasteiger partial charge >= 0.3 is 6.18 Å². The van der Waals surface area contributed by atoms with Crippen LogP contribution in [-0.2, 0) is 11.0 Å².